The van der Waals surface area contributed by atoms with E-state index >= 15 is 0 Å². The second-order valence-corrected chi connectivity index (χ2v) is 5.05. The molecule has 0 bridgehead atoms. The van der Waals surface area contributed by atoms with Crippen LogP contribution < -0.4 is 5.43 Å². The quantitative estimate of drug-likeness (QED) is 0.692. The fraction of sp³-hybridized carbons (Fsp3) is 0.308. The van der Waals surface area contributed by atoms with Crippen LogP contribution in [0.15, 0.2) is 57.9 Å². The van der Waals surface area contributed by atoms with Crippen LogP contribution in [0.25, 0.3) is 0 Å². The predicted octanol–water partition coefficient (Wildman–Crippen LogP) is 0.705. The summed E-state index contributed by atoms with van der Waals surface area (Å²) in [6, 6.07) is 0. The summed E-state index contributed by atoms with van der Waals surface area (Å²) in [7, 11) is 1.97. The Morgan fingerprint density at radius 2 is 2.32 bits per heavy atom. The highest BCUT2D eigenvalue weighted by Gasteiger charge is 2.52. The van der Waals surface area contributed by atoms with Crippen molar-refractivity contribution in [2.24, 2.45) is 10.3 Å². The minimum atomic E-state index is -0.550. The van der Waals surface area contributed by atoms with Crippen LogP contribution >= 0.6 is 0 Å². The van der Waals surface area contributed by atoms with Crippen LogP contribution in [0.4, 0.5) is 0 Å². The van der Waals surface area contributed by atoms with E-state index in [0.29, 0.717) is 6.54 Å². The fourth-order valence-corrected chi connectivity index (χ4v) is 3.07. The van der Waals surface area contributed by atoms with Gasteiger partial charge < -0.3 is 9.80 Å². The van der Waals surface area contributed by atoms with Gasteiger partial charge in [-0.25, -0.2) is 0 Å². The number of allylic oxidation sites excluding steroid dienone is 4. The zero-order chi connectivity index (χ0) is 13.0. The van der Waals surface area contributed by atoms with E-state index in [-0.39, 0.29) is 5.78 Å². The SMILES string of the molecule is CN1C2=CC=CCN2CC23N=NNC2=CC(=O)C=C13. The third-order valence-electron chi connectivity index (χ3n) is 3.98. The van der Waals surface area contributed by atoms with Gasteiger partial charge in [0, 0.05) is 25.7 Å². The molecule has 0 aromatic carbocycles. The maximum absolute atomic E-state index is 11.8. The number of carbonyl (C=O) groups is 1. The highest BCUT2D eigenvalue weighted by Crippen LogP contribution is 2.43. The van der Waals surface area contributed by atoms with Crippen molar-refractivity contribution in [1.29, 1.82) is 0 Å². The molecule has 3 aliphatic heterocycles. The first kappa shape index (κ1) is 10.5. The summed E-state index contributed by atoms with van der Waals surface area (Å²) >= 11 is 0. The molecule has 0 amide bonds. The van der Waals surface area contributed by atoms with Crippen molar-refractivity contribution in [3.63, 3.8) is 0 Å². The Morgan fingerprint density at radius 1 is 1.42 bits per heavy atom. The third-order valence-corrected chi connectivity index (χ3v) is 3.98. The molecule has 1 unspecified atom stereocenters. The molecular formula is C13H13N5O. The summed E-state index contributed by atoms with van der Waals surface area (Å²) in [6.07, 6.45) is 9.45. The van der Waals surface area contributed by atoms with Crippen LogP contribution in [0.3, 0.4) is 0 Å². The maximum atomic E-state index is 11.8. The molecule has 1 fully saturated rings. The summed E-state index contributed by atoms with van der Waals surface area (Å²) in [6.45, 7) is 1.55. The summed E-state index contributed by atoms with van der Waals surface area (Å²) < 4.78 is 0. The van der Waals surface area contributed by atoms with Crippen molar-refractivity contribution in [3.8, 4) is 0 Å². The van der Waals surface area contributed by atoms with Gasteiger partial charge in [-0.1, -0.05) is 17.4 Å². The molecule has 0 radical (unpaired) electrons. The van der Waals surface area contributed by atoms with Gasteiger partial charge in [0.25, 0.3) is 0 Å². The van der Waals surface area contributed by atoms with E-state index in [9.17, 15) is 4.79 Å². The van der Waals surface area contributed by atoms with Crippen molar-refractivity contribution < 1.29 is 4.79 Å². The van der Waals surface area contributed by atoms with E-state index in [1.165, 1.54) is 0 Å². The Labute approximate surface area is 110 Å². The number of hydrogen-bond acceptors (Lipinski definition) is 6. The van der Waals surface area contributed by atoms with Crippen molar-refractivity contribution in [1.82, 2.24) is 15.2 Å². The summed E-state index contributed by atoms with van der Waals surface area (Å²) in [5.74, 6) is 1.07. The lowest BCUT2D eigenvalue weighted by Crippen LogP contribution is -2.56. The smallest absolute Gasteiger partial charge is 0.182 e. The molecule has 0 aromatic rings. The molecule has 4 rings (SSSR count). The Morgan fingerprint density at radius 3 is 3.21 bits per heavy atom. The Balaban J connectivity index is 1.89. The zero-order valence-electron chi connectivity index (χ0n) is 10.5. The van der Waals surface area contributed by atoms with Gasteiger partial charge in [0.2, 0.25) is 0 Å². The summed E-state index contributed by atoms with van der Waals surface area (Å²) in [5, 5.41) is 8.31. The van der Waals surface area contributed by atoms with Gasteiger partial charge in [0.1, 0.15) is 5.82 Å². The molecule has 6 heteroatoms. The van der Waals surface area contributed by atoms with E-state index in [4.69, 9.17) is 0 Å². The van der Waals surface area contributed by atoms with Crippen molar-refractivity contribution in [3.05, 3.63) is 47.6 Å². The molecule has 4 aliphatic rings. The number of nitrogens with zero attached hydrogens (tertiary/aromatic N) is 4. The molecule has 96 valence electrons. The van der Waals surface area contributed by atoms with Crippen LogP contribution in [0.5, 0.6) is 0 Å². The molecule has 1 spiro atoms. The minimum absolute atomic E-state index is 0.0207. The minimum Gasteiger partial charge on any atom is -0.351 e. The van der Waals surface area contributed by atoms with E-state index < -0.39 is 5.54 Å². The first-order valence-corrected chi connectivity index (χ1v) is 6.22. The summed E-state index contributed by atoms with van der Waals surface area (Å²) in [5.41, 5.74) is 3.98. The van der Waals surface area contributed by atoms with E-state index in [2.05, 4.69) is 32.8 Å². The number of hydrogen-bond donors (Lipinski definition) is 1. The Bertz CT molecular complexity index is 627. The molecule has 3 heterocycles. The largest absolute Gasteiger partial charge is 0.351 e. The summed E-state index contributed by atoms with van der Waals surface area (Å²) in [4.78, 5) is 16.1. The lowest BCUT2D eigenvalue weighted by atomic mass is 9.83. The highest BCUT2D eigenvalue weighted by atomic mass is 16.1. The van der Waals surface area contributed by atoms with Gasteiger partial charge in [-0.3, -0.25) is 10.2 Å². The van der Waals surface area contributed by atoms with Gasteiger partial charge in [0.15, 0.2) is 11.3 Å². The average molecular weight is 255 g/mol. The topological polar surface area (TPSA) is 60.3 Å². The van der Waals surface area contributed by atoms with Crippen LogP contribution in [0, 0.1) is 0 Å². The standard InChI is InChI=1S/C13H13N5O/c1-17-11-7-9(19)6-10-13(11,15-16-14-10)8-18-5-3-2-4-12(17)18/h2-4,6-7H,5,8H2,1H3,(H,14,15). The monoisotopic (exact) mass is 255 g/mol. The predicted molar refractivity (Wildman–Crippen MR) is 68.5 cm³/mol. The third kappa shape index (κ3) is 1.23. The molecular weight excluding hydrogens is 242 g/mol. The second-order valence-electron chi connectivity index (χ2n) is 5.05. The normalized spacial score (nSPS) is 31.0. The average Bonchev–Trinajstić information content (AvgIpc) is 2.80. The number of carbonyl (C=O) groups excluding carboxylic acids is 1. The molecule has 1 N–H and O–H groups in total. The van der Waals surface area contributed by atoms with Crippen LogP contribution in [-0.2, 0) is 4.79 Å². The number of nitrogens with one attached hydrogen (secondary N) is 1. The zero-order valence-corrected chi connectivity index (χ0v) is 10.5. The number of rotatable bonds is 0. The lowest BCUT2D eigenvalue weighted by molar-refractivity contribution is -0.110. The van der Waals surface area contributed by atoms with Gasteiger partial charge in [-0.05, 0) is 6.08 Å². The number of ketones is 1. The highest BCUT2D eigenvalue weighted by molar-refractivity contribution is 6.02. The molecule has 1 saturated heterocycles. The molecule has 1 aliphatic carbocycles. The maximum Gasteiger partial charge on any atom is 0.182 e. The number of likely N-dealkylation sites (N-methyl/N-ethyl adjacent to an activating group) is 1. The first-order valence-electron chi connectivity index (χ1n) is 6.22. The van der Waals surface area contributed by atoms with Crippen LogP contribution in [-0.4, -0.2) is 41.3 Å². The van der Waals surface area contributed by atoms with Crippen molar-refractivity contribution in [2.45, 2.75) is 5.54 Å². The van der Waals surface area contributed by atoms with Gasteiger partial charge in [0.05, 0.1) is 17.9 Å². The molecule has 1 atom stereocenters. The first-order chi connectivity index (χ1) is 9.21. The van der Waals surface area contributed by atoms with Gasteiger partial charge in [-0.2, -0.15) is 0 Å². The van der Waals surface area contributed by atoms with E-state index in [1.54, 1.807) is 12.2 Å². The Hall–Kier alpha value is -2.37. The van der Waals surface area contributed by atoms with Crippen molar-refractivity contribution >= 4 is 5.78 Å². The van der Waals surface area contributed by atoms with Gasteiger partial charge >= 0.3 is 0 Å². The van der Waals surface area contributed by atoms with Crippen molar-refractivity contribution in [2.75, 3.05) is 20.1 Å². The lowest BCUT2D eigenvalue weighted by Gasteiger charge is -2.48. The molecule has 19 heavy (non-hydrogen) atoms. The van der Waals surface area contributed by atoms with E-state index in [0.717, 1.165) is 23.8 Å². The van der Waals surface area contributed by atoms with Crippen LogP contribution in [0.1, 0.15) is 0 Å². The Kier molecular flexibility index (Phi) is 1.86. The molecule has 6 nitrogen and oxygen atoms in total. The molecule has 0 aromatic heterocycles. The number of fused-ring (bicyclic) bond motifs is 1. The van der Waals surface area contributed by atoms with Gasteiger partial charge in [-0.15, -0.1) is 5.11 Å². The second kappa shape index (κ2) is 3.34. The van der Waals surface area contributed by atoms with Crippen LogP contribution in [0.2, 0.25) is 0 Å². The van der Waals surface area contributed by atoms with E-state index in [1.807, 2.05) is 18.0 Å². The fourth-order valence-electron chi connectivity index (χ4n) is 3.07. The molecule has 0 saturated carbocycles.